The van der Waals surface area contributed by atoms with Crippen LogP contribution in [0.3, 0.4) is 0 Å². The van der Waals surface area contributed by atoms with Crippen LogP contribution in [0.5, 0.6) is 0 Å². The van der Waals surface area contributed by atoms with E-state index in [1.165, 1.54) is 18.3 Å². The Kier molecular flexibility index (Phi) is 4.07. The van der Waals surface area contributed by atoms with Crippen molar-refractivity contribution >= 4 is 35.1 Å². The molecule has 0 atom stereocenters. The van der Waals surface area contributed by atoms with E-state index >= 15 is 0 Å². The first-order chi connectivity index (χ1) is 8.65. The van der Waals surface area contributed by atoms with Crippen molar-refractivity contribution in [2.24, 2.45) is 5.10 Å². The van der Waals surface area contributed by atoms with E-state index in [0.29, 0.717) is 5.02 Å². The second kappa shape index (κ2) is 5.75. The van der Waals surface area contributed by atoms with Crippen molar-refractivity contribution in [1.29, 1.82) is 0 Å². The lowest BCUT2D eigenvalue weighted by molar-refractivity contribution is 0.0959. The highest BCUT2D eigenvalue weighted by Gasteiger charge is 2.07. The fourth-order valence-electron chi connectivity index (χ4n) is 1.24. The number of amides is 1. The minimum atomic E-state index is -0.442. The normalized spacial score (nSPS) is 10.8. The molecule has 1 N–H and O–H groups in total. The number of halogens is 2. The summed E-state index contributed by atoms with van der Waals surface area (Å²) in [6, 6.07) is 9.67. The molecule has 0 unspecified atom stereocenters. The van der Waals surface area contributed by atoms with Gasteiger partial charge in [-0.25, -0.2) is 5.43 Å². The molecule has 18 heavy (non-hydrogen) atoms. The van der Waals surface area contributed by atoms with Crippen molar-refractivity contribution in [3.8, 4) is 0 Å². The summed E-state index contributed by atoms with van der Waals surface area (Å²) in [6.07, 6.45) is 1.47. The maximum absolute atomic E-state index is 12.7. The van der Waals surface area contributed by atoms with Crippen LogP contribution < -0.4 is 5.43 Å². The average molecular weight is 283 g/mol. The van der Waals surface area contributed by atoms with Gasteiger partial charge in [-0.3, -0.25) is 4.79 Å². The van der Waals surface area contributed by atoms with E-state index in [9.17, 15) is 9.18 Å². The Hall–Kier alpha value is -1.72. The number of nitrogens with zero attached hydrogens (tertiary/aromatic N) is 1. The van der Waals surface area contributed by atoms with Crippen LogP contribution in [0.2, 0.25) is 5.02 Å². The molecule has 0 bridgehead atoms. The van der Waals surface area contributed by atoms with Crippen LogP contribution >= 0.6 is 22.9 Å². The highest BCUT2D eigenvalue weighted by atomic mass is 35.5. The van der Waals surface area contributed by atoms with Crippen molar-refractivity contribution in [3.05, 3.63) is 57.0 Å². The molecular formula is C12H8ClFN2OS. The standard InChI is InChI=1S/C12H8ClFN2OS/c13-9-3-1-2-8(6-9)7-15-16-12(17)10-4-5-11(14)18-10/h1-7H,(H,16,17)/b15-7+. The fraction of sp³-hybridized carbons (Fsp3) is 0. The van der Waals surface area contributed by atoms with Gasteiger partial charge in [0.1, 0.15) is 0 Å². The summed E-state index contributed by atoms with van der Waals surface area (Å²) < 4.78 is 12.7. The van der Waals surface area contributed by atoms with Crippen LogP contribution in [-0.4, -0.2) is 12.1 Å². The zero-order valence-electron chi connectivity index (χ0n) is 9.06. The summed E-state index contributed by atoms with van der Waals surface area (Å²) >= 11 is 6.57. The van der Waals surface area contributed by atoms with Crippen molar-refractivity contribution in [1.82, 2.24) is 5.43 Å². The average Bonchev–Trinajstić information content (AvgIpc) is 2.76. The SMILES string of the molecule is O=C(N/N=C/c1cccc(Cl)c1)c1ccc(F)s1. The maximum Gasteiger partial charge on any atom is 0.281 e. The van der Waals surface area contributed by atoms with Gasteiger partial charge < -0.3 is 0 Å². The molecule has 1 aromatic carbocycles. The van der Waals surface area contributed by atoms with Gasteiger partial charge in [-0.2, -0.15) is 9.49 Å². The van der Waals surface area contributed by atoms with Gasteiger partial charge in [-0.1, -0.05) is 23.7 Å². The molecule has 0 saturated heterocycles. The lowest BCUT2D eigenvalue weighted by Crippen LogP contribution is -2.16. The van der Waals surface area contributed by atoms with E-state index < -0.39 is 11.0 Å². The summed E-state index contributed by atoms with van der Waals surface area (Å²) in [4.78, 5) is 11.8. The lowest BCUT2D eigenvalue weighted by atomic mass is 10.2. The minimum absolute atomic E-state index is 0.274. The first-order valence-electron chi connectivity index (χ1n) is 4.99. The number of hydrogen-bond acceptors (Lipinski definition) is 3. The monoisotopic (exact) mass is 282 g/mol. The molecule has 0 radical (unpaired) electrons. The maximum atomic E-state index is 12.7. The molecule has 0 aliphatic heterocycles. The summed E-state index contributed by atoms with van der Waals surface area (Å²) in [6.45, 7) is 0. The van der Waals surface area contributed by atoms with E-state index in [4.69, 9.17) is 11.6 Å². The third-order valence-corrected chi connectivity index (χ3v) is 3.13. The van der Waals surface area contributed by atoms with Crippen molar-refractivity contribution in [2.75, 3.05) is 0 Å². The van der Waals surface area contributed by atoms with Crippen LogP contribution in [0.1, 0.15) is 15.2 Å². The third kappa shape index (κ3) is 3.38. The second-order valence-electron chi connectivity index (χ2n) is 3.36. The molecule has 0 spiro atoms. The topological polar surface area (TPSA) is 41.5 Å². The molecule has 92 valence electrons. The predicted octanol–water partition coefficient (Wildman–Crippen LogP) is 3.30. The van der Waals surface area contributed by atoms with Gasteiger partial charge in [0.25, 0.3) is 5.91 Å². The zero-order valence-corrected chi connectivity index (χ0v) is 10.6. The van der Waals surface area contributed by atoms with E-state index in [-0.39, 0.29) is 4.88 Å². The van der Waals surface area contributed by atoms with Gasteiger partial charge in [-0.05, 0) is 29.8 Å². The second-order valence-corrected chi connectivity index (χ2v) is 4.83. The summed E-state index contributed by atoms with van der Waals surface area (Å²) in [5.74, 6) is -0.442. The number of nitrogens with one attached hydrogen (secondary N) is 1. The van der Waals surface area contributed by atoms with Gasteiger partial charge >= 0.3 is 0 Å². The minimum Gasteiger partial charge on any atom is -0.266 e. The lowest BCUT2D eigenvalue weighted by Gasteiger charge is -1.96. The fourth-order valence-corrected chi connectivity index (χ4v) is 2.06. The number of hydrogen-bond donors (Lipinski definition) is 1. The highest BCUT2D eigenvalue weighted by molar-refractivity contribution is 7.12. The van der Waals surface area contributed by atoms with Gasteiger partial charge in [0, 0.05) is 5.02 Å². The third-order valence-electron chi connectivity index (χ3n) is 2.03. The van der Waals surface area contributed by atoms with Crippen LogP contribution in [-0.2, 0) is 0 Å². The first kappa shape index (κ1) is 12.7. The van der Waals surface area contributed by atoms with Gasteiger partial charge in [-0.15, -0.1) is 11.3 Å². The summed E-state index contributed by atoms with van der Waals surface area (Å²) in [5, 5.41) is 3.95. The van der Waals surface area contributed by atoms with Gasteiger partial charge in [0.2, 0.25) is 0 Å². The van der Waals surface area contributed by atoms with E-state index in [1.54, 1.807) is 24.3 Å². The molecule has 0 fully saturated rings. The molecule has 0 aliphatic carbocycles. The van der Waals surface area contributed by atoms with Crippen molar-refractivity contribution < 1.29 is 9.18 Å². The molecule has 1 aromatic heterocycles. The Bertz CT molecular complexity index is 597. The Balaban J connectivity index is 1.97. The zero-order chi connectivity index (χ0) is 13.0. The molecule has 6 heteroatoms. The molecule has 3 nitrogen and oxygen atoms in total. The molecule has 0 aliphatic rings. The van der Waals surface area contributed by atoms with E-state index in [0.717, 1.165) is 16.9 Å². The number of rotatable bonds is 3. The number of carbonyl (C=O) groups excluding carboxylic acids is 1. The molecular weight excluding hydrogens is 275 g/mol. The van der Waals surface area contributed by atoms with Crippen molar-refractivity contribution in [2.45, 2.75) is 0 Å². The molecule has 1 amide bonds. The summed E-state index contributed by atoms with van der Waals surface area (Å²) in [5.41, 5.74) is 3.08. The van der Waals surface area contributed by atoms with Crippen LogP contribution in [0.4, 0.5) is 4.39 Å². The first-order valence-corrected chi connectivity index (χ1v) is 6.19. The quantitative estimate of drug-likeness (QED) is 0.681. The predicted molar refractivity (Wildman–Crippen MR) is 70.8 cm³/mol. The van der Waals surface area contributed by atoms with E-state index in [2.05, 4.69) is 10.5 Å². The Morgan fingerprint density at radius 1 is 1.39 bits per heavy atom. The highest BCUT2D eigenvalue weighted by Crippen LogP contribution is 2.13. The van der Waals surface area contributed by atoms with E-state index in [1.807, 2.05) is 0 Å². The molecule has 0 saturated carbocycles. The van der Waals surface area contributed by atoms with Gasteiger partial charge in [0.15, 0.2) is 5.13 Å². The van der Waals surface area contributed by atoms with Gasteiger partial charge in [0.05, 0.1) is 11.1 Å². The van der Waals surface area contributed by atoms with Crippen LogP contribution in [0.25, 0.3) is 0 Å². The molecule has 2 rings (SSSR count). The summed E-state index contributed by atoms with van der Waals surface area (Å²) in [7, 11) is 0. The molecule has 1 heterocycles. The number of hydrazone groups is 1. The van der Waals surface area contributed by atoms with Crippen molar-refractivity contribution in [3.63, 3.8) is 0 Å². The Morgan fingerprint density at radius 2 is 2.22 bits per heavy atom. The number of carbonyl (C=O) groups is 1. The number of benzene rings is 1. The molecule has 2 aromatic rings. The smallest absolute Gasteiger partial charge is 0.266 e. The van der Waals surface area contributed by atoms with Crippen LogP contribution in [0.15, 0.2) is 41.5 Å². The Morgan fingerprint density at radius 3 is 2.89 bits per heavy atom. The van der Waals surface area contributed by atoms with Crippen LogP contribution in [0, 0.1) is 5.13 Å². The Labute approximate surface area is 112 Å². The largest absolute Gasteiger partial charge is 0.281 e. The number of thiophene rings is 1.